The van der Waals surface area contributed by atoms with E-state index in [1.165, 1.54) is 12.0 Å². The van der Waals surface area contributed by atoms with Crippen molar-refractivity contribution in [1.82, 2.24) is 4.98 Å². The molecular formula is C14H22N2O. The standard InChI is InChI=1S/C14H22N2O/c1-4-5-6-10-7-11-13(16-12(10)8-17)14(2,3)9-15-11/h7,15,17H,4-6,8-9H2,1-3H3. The molecule has 0 bridgehead atoms. The van der Waals surface area contributed by atoms with Crippen LogP contribution < -0.4 is 5.32 Å². The first-order chi connectivity index (χ1) is 8.08. The van der Waals surface area contributed by atoms with E-state index >= 15 is 0 Å². The summed E-state index contributed by atoms with van der Waals surface area (Å²) >= 11 is 0. The van der Waals surface area contributed by atoms with Gasteiger partial charge < -0.3 is 10.4 Å². The lowest BCUT2D eigenvalue weighted by atomic mass is 9.90. The molecule has 0 saturated heterocycles. The van der Waals surface area contributed by atoms with Crippen molar-refractivity contribution in [3.05, 3.63) is 23.0 Å². The van der Waals surface area contributed by atoms with Crippen molar-refractivity contribution in [3.63, 3.8) is 0 Å². The molecule has 1 aliphatic rings. The molecule has 2 rings (SSSR count). The second kappa shape index (κ2) is 4.65. The highest BCUT2D eigenvalue weighted by Crippen LogP contribution is 2.36. The van der Waals surface area contributed by atoms with E-state index in [-0.39, 0.29) is 12.0 Å². The molecule has 0 unspecified atom stereocenters. The molecule has 0 spiro atoms. The number of hydrogen-bond acceptors (Lipinski definition) is 3. The van der Waals surface area contributed by atoms with E-state index in [1.807, 2.05) is 0 Å². The van der Waals surface area contributed by atoms with Gasteiger partial charge in [-0.05, 0) is 24.5 Å². The summed E-state index contributed by atoms with van der Waals surface area (Å²) in [5.41, 5.74) is 4.37. The average molecular weight is 234 g/mol. The van der Waals surface area contributed by atoms with E-state index in [0.29, 0.717) is 0 Å². The average Bonchev–Trinajstić information content (AvgIpc) is 2.61. The summed E-state index contributed by atoms with van der Waals surface area (Å²) in [7, 11) is 0. The van der Waals surface area contributed by atoms with Gasteiger partial charge in [-0.1, -0.05) is 27.2 Å². The molecule has 2 N–H and O–H groups in total. The molecule has 0 amide bonds. The van der Waals surface area contributed by atoms with Gasteiger partial charge in [-0.15, -0.1) is 0 Å². The highest BCUT2D eigenvalue weighted by atomic mass is 16.3. The van der Waals surface area contributed by atoms with Gasteiger partial charge in [-0.25, -0.2) is 0 Å². The molecule has 94 valence electrons. The second-order valence-electron chi connectivity index (χ2n) is 5.49. The Morgan fingerprint density at radius 2 is 2.24 bits per heavy atom. The minimum absolute atomic E-state index is 0.0441. The summed E-state index contributed by atoms with van der Waals surface area (Å²) in [5, 5.41) is 12.9. The first-order valence-corrected chi connectivity index (χ1v) is 6.46. The highest BCUT2D eigenvalue weighted by molar-refractivity contribution is 5.58. The number of rotatable bonds is 4. The molecule has 0 aliphatic carbocycles. The summed E-state index contributed by atoms with van der Waals surface area (Å²) < 4.78 is 0. The Hall–Kier alpha value is -1.09. The number of nitrogens with one attached hydrogen (secondary N) is 1. The summed E-state index contributed by atoms with van der Waals surface area (Å²) in [6.07, 6.45) is 3.33. The third-order valence-electron chi connectivity index (χ3n) is 3.50. The number of pyridine rings is 1. The summed E-state index contributed by atoms with van der Waals surface area (Å²) in [4.78, 5) is 4.66. The fraction of sp³-hybridized carbons (Fsp3) is 0.643. The molecule has 2 heterocycles. The number of unbranched alkanes of at least 4 members (excludes halogenated alkanes) is 1. The van der Waals surface area contributed by atoms with Crippen molar-refractivity contribution in [2.45, 2.75) is 52.1 Å². The number of fused-ring (bicyclic) bond motifs is 1. The fourth-order valence-corrected chi connectivity index (χ4v) is 2.36. The lowest BCUT2D eigenvalue weighted by Crippen LogP contribution is -2.20. The van der Waals surface area contributed by atoms with Gasteiger partial charge in [0.25, 0.3) is 0 Å². The molecule has 1 aromatic rings. The molecule has 3 heteroatoms. The van der Waals surface area contributed by atoms with Crippen molar-refractivity contribution in [2.75, 3.05) is 11.9 Å². The van der Waals surface area contributed by atoms with Gasteiger partial charge in [-0.2, -0.15) is 0 Å². The minimum atomic E-state index is 0.0441. The highest BCUT2D eigenvalue weighted by Gasteiger charge is 2.32. The molecule has 0 aromatic carbocycles. The molecule has 0 radical (unpaired) electrons. The first-order valence-electron chi connectivity index (χ1n) is 6.46. The summed E-state index contributed by atoms with van der Waals surface area (Å²) in [6.45, 7) is 7.53. The maximum absolute atomic E-state index is 9.44. The van der Waals surface area contributed by atoms with Crippen LogP contribution in [0, 0.1) is 0 Å². The second-order valence-corrected chi connectivity index (χ2v) is 5.49. The van der Waals surface area contributed by atoms with Crippen LogP contribution in [0.1, 0.15) is 50.6 Å². The van der Waals surface area contributed by atoms with E-state index in [4.69, 9.17) is 0 Å². The van der Waals surface area contributed by atoms with E-state index in [1.54, 1.807) is 0 Å². The predicted molar refractivity (Wildman–Crippen MR) is 70.3 cm³/mol. The molecule has 1 aliphatic heterocycles. The number of hydrogen-bond donors (Lipinski definition) is 2. The molecule has 1 aromatic heterocycles. The van der Waals surface area contributed by atoms with E-state index < -0.39 is 0 Å². The third-order valence-corrected chi connectivity index (χ3v) is 3.50. The van der Waals surface area contributed by atoms with Gasteiger partial charge in [0.1, 0.15) is 0 Å². The van der Waals surface area contributed by atoms with Crippen LogP contribution in [0.4, 0.5) is 5.69 Å². The zero-order valence-corrected chi connectivity index (χ0v) is 11.0. The van der Waals surface area contributed by atoms with Gasteiger partial charge in [0, 0.05) is 12.0 Å². The minimum Gasteiger partial charge on any atom is -0.390 e. The Balaban J connectivity index is 2.37. The number of aromatic nitrogens is 1. The van der Waals surface area contributed by atoms with Crippen molar-refractivity contribution in [2.24, 2.45) is 0 Å². The van der Waals surface area contributed by atoms with Crippen LogP contribution in [0.5, 0.6) is 0 Å². The van der Waals surface area contributed by atoms with Gasteiger partial charge in [0.2, 0.25) is 0 Å². The predicted octanol–water partition coefficient (Wildman–Crippen LogP) is 2.62. The Kier molecular flexibility index (Phi) is 3.38. The van der Waals surface area contributed by atoms with Crippen LogP contribution in [0.3, 0.4) is 0 Å². The monoisotopic (exact) mass is 234 g/mol. The topological polar surface area (TPSA) is 45.2 Å². The van der Waals surface area contributed by atoms with Crippen molar-refractivity contribution >= 4 is 5.69 Å². The lowest BCUT2D eigenvalue weighted by Gasteiger charge is -2.17. The molecular weight excluding hydrogens is 212 g/mol. The van der Waals surface area contributed by atoms with Crippen LogP contribution in [-0.2, 0) is 18.4 Å². The molecule has 17 heavy (non-hydrogen) atoms. The number of nitrogens with zero attached hydrogens (tertiary/aromatic N) is 1. The number of anilines is 1. The SMILES string of the molecule is CCCCc1cc2c(nc1CO)C(C)(C)CN2. The van der Waals surface area contributed by atoms with Crippen molar-refractivity contribution in [3.8, 4) is 0 Å². The van der Waals surface area contributed by atoms with Crippen molar-refractivity contribution < 1.29 is 5.11 Å². The first kappa shape index (κ1) is 12.4. The third kappa shape index (κ3) is 2.29. The van der Waals surface area contributed by atoms with Gasteiger partial charge in [-0.3, -0.25) is 4.98 Å². The quantitative estimate of drug-likeness (QED) is 0.841. The van der Waals surface area contributed by atoms with Crippen LogP contribution in [0.25, 0.3) is 0 Å². The van der Waals surface area contributed by atoms with Gasteiger partial charge >= 0.3 is 0 Å². The summed E-state index contributed by atoms with van der Waals surface area (Å²) in [5.74, 6) is 0. The van der Waals surface area contributed by atoms with E-state index in [0.717, 1.165) is 36.5 Å². The number of aliphatic hydroxyl groups excluding tert-OH is 1. The van der Waals surface area contributed by atoms with E-state index in [2.05, 4.69) is 37.1 Å². The van der Waals surface area contributed by atoms with Crippen LogP contribution >= 0.6 is 0 Å². The molecule has 0 fully saturated rings. The van der Waals surface area contributed by atoms with Crippen molar-refractivity contribution in [1.29, 1.82) is 0 Å². The number of aryl methyl sites for hydroxylation is 1. The number of aliphatic hydroxyl groups is 1. The Morgan fingerprint density at radius 3 is 2.88 bits per heavy atom. The molecule has 0 atom stereocenters. The van der Waals surface area contributed by atoms with Gasteiger partial charge in [0.15, 0.2) is 0 Å². The summed E-state index contributed by atoms with van der Waals surface area (Å²) in [6, 6.07) is 2.18. The fourth-order valence-electron chi connectivity index (χ4n) is 2.36. The van der Waals surface area contributed by atoms with Crippen LogP contribution in [-0.4, -0.2) is 16.6 Å². The Bertz CT molecular complexity index is 413. The van der Waals surface area contributed by atoms with E-state index in [9.17, 15) is 5.11 Å². The zero-order valence-electron chi connectivity index (χ0n) is 11.0. The normalized spacial score (nSPS) is 16.7. The Morgan fingerprint density at radius 1 is 1.47 bits per heavy atom. The maximum Gasteiger partial charge on any atom is 0.0855 e. The zero-order chi connectivity index (χ0) is 12.5. The maximum atomic E-state index is 9.44. The van der Waals surface area contributed by atoms with Crippen LogP contribution in [0.15, 0.2) is 6.07 Å². The van der Waals surface area contributed by atoms with Gasteiger partial charge in [0.05, 0.1) is 23.7 Å². The van der Waals surface area contributed by atoms with Crippen LogP contribution in [0.2, 0.25) is 0 Å². The lowest BCUT2D eigenvalue weighted by molar-refractivity contribution is 0.274. The smallest absolute Gasteiger partial charge is 0.0855 e. The molecule has 0 saturated carbocycles. The Labute approximate surface area is 103 Å². The largest absolute Gasteiger partial charge is 0.390 e. The molecule has 3 nitrogen and oxygen atoms in total.